The second-order valence-electron chi connectivity index (χ2n) is 6.54. The van der Waals surface area contributed by atoms with Crippen molar-refractivity contribution < 1.29 is 0 Å². The van der Waals surface area contributed by atoms with Crippen LogP contribution in [0.4, 0.5) is 17.5 Å². The number of hydrogen-bond acceptors (Lipinski definition) is 5. The molecule has 1 fully saturated rings. The number of benzene rings is 1. The number of nitrogens with zero attached hydrogens (tertiary/aromatic N) is 3. The summed E-state index contributed by atoms with van der Waals surface area (Å²) in [4.78, 5) is 4.42. The average molecular weight is 283 g/mol. The molecular formula is C16H21N5. The predicted molar refractivity (Wildman–Crippen MR) is 84.9 cm³/mol. The maximum absolute atomic E-state index is 4.42. The molecule has 5 heteroatoms. The lowest BCUT2D eigenvalue weighted by molar-refractivity contribution is 0.590. The van der Waals surface area contributed by atoms with Crippen molar-refractivity contribution in [2.45, 2.75) is 45.1 Å². The normalized spacial score (nSPS) is 14.8. The molecule has 0 aliphatic heterocycles. The summed E-state index contributed by atoms with van der Waals surface area (Å²) in [7, 11) is 0. The Kier molecular flexibility index (Phi) is 3.49. The third-order valence-electron chi connectivity index (χ3n) is 3.49. The summed E-state index contributed by atoms with van der Waals surface area (Å²) >= 11 is 0. The zero-order valence-electron chi connectivity index (χ0n) is 12.7. The third-order valence-corrected chi connectivity index (χ3v) is 3.49. The number of hydrogen-bond donors (Lipinski definition) is 2. The lowest BCUT2D eigenvalue weighted by atomic mass is 9.87. The van der Waals surface area contributed by atoms with E-state index in [2.05, 4.69) is 70.9 Å². The van der Waals surface area contributed by atoms with Gasteiger partial charge < -0.3 is 10.6 Å². The Balaban J connectivity index is 1.70. The molecule has 1 aliphatic carbocycles. The minimum atomic E-state index is 0.163. The van der Waals surface area contributed by atoms with Gasteiger partial charge in [-0.1, -0.05) is 32.9 Å². The van der Waals surface area contributed by atoms with Crippen molar-refractivity contribution >= 4 is 17.5 Å². The maximum atomic E-state index is 4.42. The third kappa shape index (κ3) is 3.68. The van der Waals surface area contributed by atoms with E-state index in [4.69, 9.17) is 0 Å². The Morgan fingerprint density at radius 1 is 1.10 bits per heavy atom. The van der Waals surface area contributed by atoms with Crippen LogP contribution in [0.25, 0.3) is 0 Å². The van der Waals surface area contributed by atoms with Crippen LogP contribution in [0.3, 0.4) is 0 Å². The summed E-state index contributed by atoms with van der Waals surface area (Å²) in [5, 5.41) is 14.5. The smallest absolute Gasteiger partial charge is 0.244 e. The van der Waals surface area contributed by atoms with Gasteiger partial charge >= 0.3 is 0 Å². The van der Waals surface area contributed by atoms with E-state index in [0.717, 1.165) is 5.69 Å². The molecule has 21 heavy (non-hydrogen) atoms. The fourth-order valence-electron chi connectivity index (χ4n) is 2.04. The molecule has 0 spiro atoms. The van der Waals surface area contributed by atoms with E-state index in [0.29, 0.717) is 17.8 Å². The van der Waals surface area contributed by atoms with Gasteiger partial charge in [0.2, 0.25) is 5.95 Å². The molecule has 0 amide bonds. The molecule has 2 N–H and O–H groups in total. The topological polar surface area (TPSA) is 62.7 Å². The van der Waals surface area contributed by atoms with Gasteiger partial charge in [0.25, 0.3) is 0 Å². The molecular weight excluding hydrogens is 262 g/mol. The van der Waals surface area contributed by atoms with Crippen molar-refractivity contribution in [2.24, 2.45) is 0 Å². The summed E-state index contributed by atoms with van der Waals surface area (Å²) in [5.41, 5.74) is 2.47. The van der Waals surface area contributed by atoms with E-state index in [1.54, 1.807) is 6.20 Å². The summed E-state index contributed by atoms with van der Waals surface area (Å²) in [5.74, 6) is 1.30. The molecule has 110 valence electrons. The van der Waals surface area contributed by atoms with E-state index in [1.165, 1.54) is 18.4 Å². The Bertz CT molecular complexity index is 611. The molecule has 1 saturated carbocycles. The lowest BCUT2D eigenvalue weighted by Gasteiger charge is -2.19. The molecule has 1 aromatic heterocycles. The first-order valence-corrected chi connectivity index (χ1v) is 7.34. The van der Waals surface area contributed by atoms with E-state index in [9.17, 15) is 0 Å². The van der Waals surface area contributed by atoms with Gasteiger partial charge in [-0.25, -0.2) is 0 Å². The fraction of sp³-hybridized carbons (Fsp3) is 0.438. The summed E-state index contributed by atoms with van der Waals surface area (Å²) < 4.78 is 0. The first kappa shape index (κ1) is 13.8. The number of anilines is 3. The summed E-state index contributed by atoms with van der Waals surface area (Å²) in [6.45, 7) is 6.62. The van der Waals surface area contributed by atoms with Crippen molar-refractivity contribution in [2.75, 3.05) is 10.6 Å². The summed E-state index contributed by atoms with van der Waals surface area (Å²) in [6.07, 6.45) is 4.01. The van der Waals surface area contributed by atoms with Gasteiger partial charge in [0.1, 0.15) is 0 Å². The van der Waals surface area contributed by atoms with Crippen molar-refractivity contribution in [3.63, 3.8) is 0 Å². The van der Waals surface area contributed by atoms with Crippen molar-refractivity contribution in [3.05, 3.63) is 36.0 Å². The Morgan fingerprint density at radius 3 is 2.43 bits per heavy atom. The van der Waals surface area contributed by atoms with Crippen LogP contribution in [0, 0.1) is 0 Å². The maximum Gasteiger partial charge on any atom is 0.244 e. The van der Waals surface area contributed by atoms with Crippen LogP contribution < -0.4 is 10.6 Å². The minimum absolute atomic E-state index is 0.163. The second kappa shape index (κ2) is 5.31. The molecule has 0 atom stereocenters. The first-order valence-electron chi connectivity index (χ1n) is 7.34. The highest BCUT2D eigenvalue weighted by Gasteiger charge is 2.22. The lowest BCUT2D eigenvalue weighted by Crippen LogP contribution is -2.10. The molecule has 2 aromatic rings. The Hall–Kier alpha value is -2.17. The highest BCUT2D eigenvalue weighted by atomic mass is 15.3. The van der Waals surface area contributed by atoms with Crippen molar-refractivity contribution in [1.29, 1.82) is 0 Å². The Labute approximate surface area is 125 Å². The molecule has 0 radical (unpaired) electrons. The van der Waals surface area contributed by atoms with Crippen LogP contribution in [0.5, 0.6) is 0 Å². The van der Waals surface area contributed by atoms with Crippen molar-refractivity contribution in [1.82, 2.24) is 15.2 Å². The van der Waals surface area contributed by atoms with Crippen LogP contribution in [0.15, 0.2) is 30.5 Å². The van der Waals surface area contributed by atoms with Gasteiger partial charge in [-0.3, -0.25) is 0 Å². The highest BCUT2D eigenvalue weighted by Crippen LogP contribution is 2.25. The molecule has 0 bridgehead atoms. The van der Waals surface area contributed by atoms with E-state index in [1.807, 2.05) is 0 Å². The SMILES string of the molecule is CC(C)(C)c1ccc(Nc2cnnc(NC3CC3)n2)cc1. The van der Waals surface area contributed by atoms with E-state index in [-0.39, 0.29) is 5.41 Å². The molecule has 0 unspecified atom stereocenters. The van der Waals surface area contributed by atoms with Gasteiger partial charge in [-0.15, -0.1) is 5.10 Å². The second-order valence-corrected chi connectivity index (χ2v) is 6.54. The van der Waals surface area contributed by atoms with Crippen LogP contribution in [-0.4, -0.2) is 21.2 Å². The zero-order valence-corrected chi connectivity index (χ0v) is 12.7. The fourth-order valence-corrected chi connectivity index (χ4v) is 2.04. The average Bonchev–Trinajstić information content (AvgIpc) is 3.23. The standard InChI is InChI=1S/C16H21N5/c1-16(2,3)11-4-6-12(7-5-11)18-14-10-17-21-15(20-14)19-13-8-9-13/h4-7,10,13H,8-9H2,1-3H3,(H2,18,19,20,21). The predicted octanol–water partition coefficient (Wildman–Crippen LogP) is 3.49. The Morgan fingerprint density at radius 2 is 1.81 bits per heavy atom. The molecule has 1 aliphatic rings. The monoisotopic (exact) mass is 283 g/mol. The van der Waals surface area contributed by atoms with Crippen LogP contribution >= 0.6 is 0 Å². The van der Waals surface area contributed by atoms with Gasteiger partial charge in [-0.05, 0) is 36.0 Å². The van der Waals surface area contributed by atoms with Gasteiger partial charge in [-0.2, -0.15) is 10.1 Å². The number of aromatic nitrogens is 3. The van der Waals surface area contributed by atoms with Crippen LogP contribution in [0.2, 0.25) is 0 Å². The molecule has 1 heterocycles. The zero-order chi connectivity index (χ0) is 14.9. The van der Waals surface area contributed by atoms with Gasteiger partial charge in [0, 0.05) is 11.7 Å². The largest absolute Gasteiger partial charge is 0.350 e. The van der Waals surface area contributed by atoms with Crippen molar-refractivity contribution in [3.8, 4) is 0 Å². The van der Waals surface area contributed by atoms with E-state index < -0.39 is 0 Å². The quantitative estimate of drug-likeness (QED) is 0.899. The molecule has 3 rings (SSSR count). The minimum Gasteiger partial charge on any atom is -0.350 e. The summed E-state index contributed by atoms with van der Waals surface area (Å²) in [6, 6.07) is 8.93. The first-order chi connectivity index (χ1) is 10.0. The van der Waals surface area contributed by atoms with Crippen LogP contribution in [0.1, 0.15) is 39.2 Å². The number of rotatable bonds is 4. The number of nitrogens with one attached hydrogen (secondary N) is 2. The van der Waals surface area contributed by atoms with E-state index >= 15 is 0 Å². The highest BCUT2D eigenvalue weighted by molar-refractivity contribution is 5.56. The molecule has 0 saturated heterocycles. The van der Waals surface area contributed by atoms with Gasteiger partial charge in [0.05, 0.1) is 6.20 Å². The van der Waals surface area contributed by atoms with Gasteiger partial charge in [0.15, 0.2) is 5.82 Å². The molecule has 1 aromatic carbocycles. The molecule has 5 nitrogen and oxygen atoms in total. The van der Waals surface area contributed by atoms with Crippen LogP contribution in [-0.2, 0) is 5.41 Å².